The molecule has 2 N–H and O–H groups in total. The molecule has 0 spiro atoms. The van der Waals surface area contributed by atoms with E-state index < -0.39 is 13.8 Å². The zero-order chi connectivity index (χ0) is 28.0. The lowest BCUT2D eigenvalue weighted by Crippen LogP contribution is -2.37. The largest absolute Gasteiger partial charge is 0.435 e. The summed E-state index contributed by atoms with van der Waals surface area (Å²) < 4.78 is 42.9. The van der Waals surface area contributed by atoms with Crippen molar-refractivity contribution in [3.8, 4) is 5.75 Å². The van der Waals surface area contributed by atoms with E-state index in [0.717, 1.165) is 30.5 Å². The van der Waals surface area contributed by atoms with Crippen molar-refractivity contribution in [3.63, 3.8) is 0 Å². The Balaban J connectivity index is 1.18. The molecule has 0 radical (unpaired) electrons. The maximum absolute atomic E-state index is 12.9. The molecule has 7 nitrogen and oxygen atoms in total. The molecule has 7 rings (SSSR count). The van der Waals surface area contributed by atoms with Gasteiger partial charge in [0.25, 0.3) is 0 Å². The summed E-state index contributed by atoms with van der Waals surface area (Å²) >= 11 is 6.40. The predicted molar refractivity (Wildman–Crippen MR) is 156 cm³/mol. The van der Waals surface area contributed by atoms with Gasteiger partial charge in [-0.15, -0.1) is 0 Å². The van der Waals surface area contributed by atoms with Gasteiger partial charge in [0.15, 0.2) is 5.82 Å². The molecule has 2 aliphatic carbocycles. The first-order valence-corrected chi connectivity index (χ1v) is 16.7. The van der Waals surface area contributed by atoms with Gasteiger partial charge in [0, 0.05) is 29.6 Å². The zero-order valence-corrected chi connectivity index (χ0v) is 24.2. The average molecular weight is 588 g/mol. The highest BCUT2D eigenvalue weighted by atomic mass is 35.5. The van der Waals surface area contributed by atoms with Crippen LogP contribution in [0.5, 0.6) is 5.75 Å². The molecular formula is C29H33ClF2N5O2P. The number of hydrogen-bond acceptors (Lipinski definition) is 7. The van der Waals surface area contributed by atoms with E-state index in [1.54, 1.807) is 13.3 Å². The highest BCUT2D eigenvalue weighted by Gasteiger charge is 2.45. The Bertz CT molecular complexity index is 1460. The SMILES string of the molecule is CP(C)(=O)c1cc(OC(F)F)ccc1Nc1nc(Nc2ccc3c(c2)CCC(N2CC4CC2C4)CC3)ncc1Cl. The summed E-state index contributed by atoms with van der Waals surface area (Å²) in [5.74, 6) is 1.52. The average Bonchev–Trinajstić information content (AvgIpc) is 3.42. The number of nitrogens with zero attached hydrogens (tertiary/aromatic N) is 3. The van der Waals surface area contributed by atoms with Gasteiger partial charge in [-0.3, -0.25) is 4.90 Å². The summed E-state index contributed by atoms with van der Waals surface area (Å²) in [5.41, 5.74) is 4.12. The Labute approximate surface area is 238 Å². The third-order valence-corrected chi connectivity index (χ3v) is 10.2. The van der Waals surface area contributed by atoms with Crippen LogP contribution in [-0.4, -0.2) is 53.4 Å². The van der Waals surface area contributed by atoms with E-state index in [2.05, 4.69) is 48.4 Å². The van der Waals surface area contributed by atoms with E-state index in [0.29, 0.717) is 28.8 Å². The van der Waals surface area contributed by atoms with Crippen molar-refractivity contribution < 1.29 is 18.1 Å². The zero-order valence-electron chi connectivity index (χ0n) is 22.5. The first kappa shape index (κ1) is 27.4. The van der Waals surface area contributed by atoms with Gasteiger partial charge in [-0.05, 0) is 99.2 Å². The van der Waals surface area contributed by atoms with Crippen LogP contribution in [0.4, 0.5) is 31.9 Å². The molecule has 40 heavy (non-hydrogen) atoms. The van der Waals surface area contributed by atoms with Crippen LogP contribution in [0.2, 0.25) is 5.02 Å². The number of fused-ring (bicyclic) bond motifs is 2. The van der Waals surface area contributed by atoms with Gasteiger partial charge in [-0.1, -0.05) is 17.7 Å². The normalized spacial score (nSPS) is 22.4. The summed E-state index contributed by atoms with van der Waals surface area (Å²) in [6, 6.07) is 12.2. The molecule has 4 aliphatic rings. The third kappa shape index (κ3) is 5.83. The van der Waals surface area contributed by atoms with Gasteiger partial charge in [-0.25, -0.2) is 4.98 Å². The van der Waals surface area contributed by atoms with E-state index in [9.17, 15) is 13.3 Å². The number of anilines is 4. The van der Waals surface area contributed by atoms with Crippen molar-refractivity contribution in [2.75, 3.05) is 30.5 Å². The monoisotopic (exact) mass is 587 g/mol. The Kier molecular flexibility index (Phi) is 7.49. The number of benzene rings is 2. The van der Waals surface area contributed by atoms with Crippen LogP contribution in [0.3, 0.4) is 0 Å². The highest BCUT2D eigenvalue weighted by molar-refractivity contribution is 7.70. The molecule has 2 bridgehead atoms. The number of rotatable bonds is 8. The Hall–Kier alpha value is -2.74. The minimum atomic E-state index is -2.98. The number of nitrogens with one attached hydrogen (secondary N) is 2. The molecule has 3 heterocycles. The first-order chi connectivity index (χ1) is 19.1. The van der Waals surface area contributed by atoms with Crippen molar-refractivity contribution in [3.05, 3.63) is 58.7 Å². The van der Waals surface area contributed by atoms with Gasteiger partial charge in [0.05, 0.1) is 11.9 Å². The number of ether oxygens (including phenoxy) is 1. The van der Waals surface area contributed by atoms with Crippen molar-refractivity contribution in [2.24, 2.45) is 5.92 Å². The minimum Gasteiger partial charge on any atom is -0.435 e. The van der Waals surface area contributed by atoms with Gasteiger partial charge < -0.3 is 19.9 Å². The predicted octanol–water partition coefficient (Wildman–Crippen LogP) is 6.81. The van der Waals surface area contributed by atoms with E-state index in [1.807, 2.05) is 0 Å². The highest BCUT2D eigenvalue weighted by Crippen LogP contribution is 2.44. The Morgan fingerprint density at radius 1 is 1.05 bits per heavy atom. The summed E-state index contributed by atoms with van der Waals surface area (Å²) in [6.07, 6.45) is 8.84. The quantitative estimate of drug-likeness (QED) is 0.221. The fourth-order valence-electron chi connectivity index (χ4n) is 6.33. The molecule has 1 saturated carbocycles. The van der Waals surface area contributed by atoms with Crippen LogP contribution in [0.25, 0.3) is 0 Å². The van der Waals surface area contributed by atoms with Gasteiger partial charge in [-0.2, -0.15) is 13.8 Å². The summed E-state index contributed by atoms with van der Waals surface area (Å²) in [7, 11) is -2.87. The lowest BCUT2D eigenvalue weighted by Gasteiger charge is -2.32. The fourth-order valence-corrected chi connectivity index (χ4v) is 7.61. The van der Waals surface area contributed by atoms with Crippen molar-refractivity contribution >= 4 is 47.2 Å². The van der Waals surface area contributed by atoms with Crippen molar-refractivity contribution in [1.82, 2.24) is 14.9 Å². The molecule has 2 aliphatic heterocycles. The fraction of sp³-hybridized carbons (Fsp3) is 0.448. The summed E-state index contributed by atoms with van der Waals surface area (Å²) in [6.45, 7) is 1.42. The third-order valence-electron chi connectivity index (χ3n) is 8.35. The van der Waals surface area contributed by atoms with Crippen molar-refractivity contribution in [2.45, 2.75) is 57.2 Å². The van der Waals surface area contributed by atoms with Crippen LogP contribution in [0.15, 0.2) is 42.6 Å². The van der Waals surface area contributed by atoms with Gasteiger partial charge in [0.2, 0.25) is 5.95 Å². The van der Waals surface area contributed by atoms with E-state index in [4.69, 9.17) is 11.6 Å². The number of hydrogen-bond donors (Lipinski definition) is 2. The second kappa shape index (κ2) is 10.9. The van der Waals surface area contributed by atoms with E-state index in [-0.39, 0.29) is 10.8 Å². The second-order valence-corrected chi connectivity index (χ2v) is 15.0. The molecule has 2 aromatic carbocycles. The molecule has 1 atom stereocenters. The van der Waals surface area contributed by atoms with Crippen LogP contribution in [0, 0.1) is 5.92 Å². The van der Waals surface area contributed by atoms with Gasteiger partial charge >= 0.3 is 6.61 Å². The van der Waals surface area contributed by atoms with Crippen LogP contribution in [-0.2, 0) is 17.4 Å². The number of aromatic nitrogens is 2. The summed E-state index contributed by atoms with van der Waals surface area (Å²) in [4.78, 5) is 11.7. The van der Waals surface area contributed by atoms with Crippen LogP contribution in [0.1, 0.15) is 36.8 Å². The van der Waals surface area contributed by atoms with Gasteiger partial charge in [0.1, 0.15) is 17.9 Å². The standard InChI is InChI=1S/C29H33ClF2N5O2P/c1-40(2,38)26-14-23(39-28(31)32)9-10-25(26)35-27-24(30)15-33-29(36-27)34-20-6-3-18-4-7-21(8-5-19(18)13-20)37-16-17-11-22(37)12-17/h3,6,9-10,13-15,17,21-22,28H,4-5,7-8,11-12,16H2,1-2H3,(H2,33,34,35,36). The molecule has 212 valence electrons. The maximum Gasteiger partial charge on any atom is 0.387 e. The first-order valence-electron chi connectivity index (χ1n) is 13.7. The lowest BCUT2D eigenvalue weighted by atomic mass is 9.86. The topological polar surface area (TPSA) is 79.4 Å². The van der Waals surface area contributed by atoms with Crippen molar-refractivity contribution in [1.29, 1.82) is 0 Å². The maximum atomic E-state index is 12.9. The molecule has 11 heteroatoms. The minimum absolute atomic E-state index is 0.0673. The molecule has 2 saturated heterocycles. The lowest BCUT2D eigenvalue weighted by molar-refractivity contribution is -0.0497. The Morgan fingerprint density at radius 2 is 1.82 bits per heavy atom. The number of alkyl halides is 2. The molecule has 3 aromatic rings. The summed E-state index contributed by atoms with van der Waals surface area (Å²) in [5, 5.41) is 7.02. The molecular weight excluding hydrogens is 555 g/mol. The van der Waals surface area contributed by atoms with E-state index in [1.165, 1.54) is 67.8 Å². The Morgan fingerprint density at radius 3 is 2.52 bits per heavy atom. The molecule has 1 unspecified atom stereocenters. The smallest absolute Gasteiger partial charge is 0.387 e. The number of aryl methyl sites for hydroxylation is 2. The second-order valence-electron chi connectivity index (χ2n) is 11.5. The number of halogens is 3. The van der Waals surface area contributed by atoms with Crippen LogP contribution >= 0.6 is 18.7 Å². The molecule has 3 fully saturated rings. The molecule has 0 amide bonds. The molecule has 1 aromatic heterocycles. The van der Waals surface area contributed by atoms with E-state index >= 15 is 0 Å². The van der Waals surface area contributed by atoms with Crippen LogP contribution < -0.4 is 20.7 Å².